The highest BCUT2D eigenvalue weighted by Gasteiger charge is 2.02. The molecule has 0 amide bonds. The first kappa shape index (κ1) is 11.4. The van der Waals surface area contributed by atoms with Crippen LogP contribution in [0.5, 0.6) is 0 Å². The SMILES string of the molecule is C=CCCCN(C)c1ncc(I)cn1. The molecule has 1 aromatic rings. The maximum Gasteiger partial charge on any atom is 0.225 e. The van der Waals surface area contributed by atoms with Crippen molar-refractivity contribution in [2.75, 3.05) is 18.5 Å². The van der Waals surface area contributed by atoms with E-state index in [1.54, 1.807) is 0 Å². The minimum atomic E-state index is 0.787. The summed E-state index contributed by atoms with van der Waals surface area (Å²) in [5.41, 5.74) is 0. The van der Waals surface area contributed by atoms with Crippen LogP contribution in [0, 0.1) is 3.57 Å². The van der Waals surface area contributed by atoms with Crippen LogP contribution < -0.4 is 4.90 Å². The molecular formula is C10H14IN3. The van der Waals surface area contributed by atoms with Crippen molar-refractivity contribution in [2.24, 2.45) is 0 Å². The Morgan fingerprint density at radius 3 is 2.71 bits per heavy atom. The molecule has 0 atom stereocenters. The Balaban J connectivity index is 2.47. The second kappa shape index (κ2) is 5.95. The third kappa shape index (κ3) is 3.61. The average Bonchev–Trinajstić information content (AvgIpc) is 2.19. The van der Waals surface area contributed by atoms with Crippen molar-refractivity contribution in [3.8, 4) is 0 Å². The molecule has 0 N–H and O–H groups in total. The van der Waals surface area contributed by atoms with Crippen LogP contribution in [0.3, 0.4) is 0 Å². The maximum absolute atomic E-state index is 4.24. The van der Waals surface area contributed by atoms with Crippen LogP contribution in [-0.2, 0) is 0 Å². The summed E-state index contributed by atoms with van der Waals surface area (Å²) in [6.07, 6.45) is 7.71. The molecule has 1 heterocycles. The van der Waals surface area contributed by atoms with Gasteiger partial charge in [0.1, 0.15) is 0 Å². The number of hydrogen-bond acceptors (Lipinski definition) is 3. The van der Waals surface area contributed by atoms with Crippen molar-refractivity contribution in [2.45, 2.75) is 12.8 Å². The summed E-state index contributed by atoms with van der Waals surface area (Å²) >= 11 is 2.20. The van der Waals surface area contributed by atoms with E-state index in [9.17, 15) is 0 Å². The fraction of sp³-hybridized carbons (Fsp3) is 0.400. The Morgan fingerprint density at radius 1 is 1.50 bits per heavy atom. The van der Waals surface area contributed by atoms with Gasteiger partial charge in [-0.15, -0.1) is 6.58 Å². The zero-order valence-corrected chi connectivity index (χ0v) is 10.4. The van der Waals surface area contributed by atoms with Crippen LogP contribution >= 0.6 is 22.6 Å². The summed E-state index contributed by atoms with van der Waals surface area (Å²) < 4.78 is 1.06. The highest BCUT2D eigenvalue weighted by molar-refractivity contribution is 14.1. The number of anilines is 1. The molecule has 0 unspecified atom stereocenters. The molecule has 14 heavy (non-hydrogen) atoms. The second-order valence-corrected chi connectivity index (χ2v) is 4.30. The van der Waals surface area contributed by atoms with Crippen LogP contribution in [-0.4, -0.2) is 23.6 Å². The molecule has 1 aromatic heterocycles. The number of hydrogen-bond donors (Lipinski definition) is 0. The second-order valence-electron chi connectivity index (χ2n) is 3.05. The van der Waals surface area contributed by atoms with Gasteiger partial charge in [-0.05, 0) is 35.4 Å². The Bertz CT molecular complexity index is 284. The third-order valence-electron chi connectivity index (χ3n) is 1.85. The van der Waals surface area contributed by atoms with Gasteiger partial charge < -0.3 is 4.90 Å². The Hall–Kier alpha value is -0.650. The Labute approximate surface area is 98.4 Å². The van der Waals surface area contributed by atoms with E-state index in [0.717, 1.165) is 28.9 Å². The quantitative estimate of drug-likeness (QED) is 0.475. The number of unbranched alkanes of at least 4 members (excludes halogenated alkanes) is 1. The van der Waals surface area contributed by atoms with Crippen molar-refractivity contribution < 1.29 is 0 Å². The monoisotopic (exact) mass is 303 g/mol. The van der Waals surface area contributed by atoms with Crippen LogP contribution in [0.4, 0.5) is 5.95 Å². The van der Waals surface area contributed by atoms with E-state index in [-0.39, 0.29) is 0 Å². The van der Waals surface area contributed by atoms with E-state index in [0.29, 0.717) is 0 Å². The highest BCUT2D eigenvalue weighted by atomic mass is 127. The zero-order chi connectivity index (χ0) is 10.4. The fourth-order valence-electron chi connectivity index (χ4n) is 1.08. The normalized spacial score (nSPS) is 9.86. The van der Waals surface area contributed by atoms with E-state index in [2.05, 4.69) is 44.0 Å². The van der Waals surface area contributed by atoms with Crippen LogP contribution in [0.1, 0.15) is 12.8 Å². The molecular weight excluding hydrogens is 289 g/mol. The molecule has 0 aliphatic heterocycles. The lowest BCUT2D eigenvalue weighted by molar-refractivity contribution is 0.778. The van der Waals surface area contributed by atoms with Crippen molar-refractivity contribution in [3.05, 3.63) is 28.6 Å². The Morgan fingerprint density at radius 2 is 2.14 bits per heavy atom. The first-order valence-corrected chi connectivity index (χ1v) is 5.61. The molecule has 0 bridgehead atoms. The minimum absolute atomic E-state index is 0.787. The topological polar surface area (TPSA) is 29.0 Å². The van der Waals surface area contributed by atoms with Gasteiger partial charge in [-0.25, -0.2) is 9.97 Å². The van der Waals surface area contributed by atoms with Gasteiger partial charge in [-0.1, -0.05) is 6.08 Å². The summed E-state index contributed by atoms with van der Waals surface area (Å²) in [5, 5.41) is 0. The first-order chi connectivity index (χ1) is 6.74. The van der Waals surface area contributed by atoms with Gasteiger partial charge in [-0.3, -0.25) is 0 Å². The molecule has 0 spiro atoms. The Kier molecular flexibility index (Phi) is 4.86. The summed E-state index contributed by atoms with van der Waals surface area (Å²) in [6.45, 7) is 4.66. The lowest BCUT2D eigenvalue weighted by Crippen LogP contribution is -2.20. The number of nitrogens with zero attached hydrogens (tertiary/aromatic N) is 3. The lowest BCUT2D eigenvalue weighted by Gasteiger charge is -2.15. The van der Waals surface area contributed by atoms with E-state index in [1.165, 1.54) is 0 Å². The van der Waals surface area contributed by atoms with Crippen molar-refractivity contribution >= 4 is 28.5 Å². The predicted octanol–water partition coefficient (Wildman–Crippen LogP) is 2.48. The predicted molar refractivity (Wildman–Crippen MR) is 67.5 cm³/mol. The average molecular weight is 303 g/mol. The summed E-state index contributed by atoms with van der Waals surface area (Å²) in [6, 6.07) is 0. The van der Waals surface area contributed by atoms with Gasteiger partial charge in [0, 0.05) is 29.6 Å². The van der Waals surface area contributed by atoms with E-state index in [4.69, 9.17) is 0 Å². The van der Waals surface area contributed by atoms with Gasteiger partial charge in [0.05, 0.1) is 0 Å². The standard InChI is InChI=1S/C10H14IN3/c1-3-4-5-6-14(2)10-12-7-9(11)8-13-10/h3,7-8H,1,4-6H2,2H3. The molecule has 0 fully saturated rings. The van der Waals surface area contributed by atoms with Gasteiger partial charge in [0.25, 0.3) is 0 Å². The highest BCUT2D eigenvalue weighted by Crippen LogP contribution is 2.07. The molecule has 0 aromatic carbocycles. The van der Waals surface area contributed by atoms with E-state index in [1.807, 2.05) is 25.5 Å². The van der Waals surface area contributed by atoms with Crippen LogP contribution in [0.2, 0.25) is 0 Å². The van der Waals surface area contributed by atoms with Gasteiger partial charge >= 0.3 is 0 Å². The molecule has 0 aliphatic rings. The van der Waals surface area contributed by atoms with Crippen LogP contribution in [0.25, 0.3) is 0 Å². The minimum Gasteiger partial charge on any atom is -0.344 e. The third-order valence-corrected chi connectivity index (χ3v) is 2.41. The van der Waals surface area contributed by atoms with Gasteiger partial charge in [0.15, 0.2) is 0 Å². The molecule has 4 heteroatoms. The van der Waals surface area contributed by atoms with E-state index >= 15 is 0 Å². The first-order valence-electron chi connectivity index (χ1n) is 4.53. The molecule has 1 rings (SSSR count). The van der Waals surface area contributed by atoms with Gasteiger partial charge in [-0.2, -0.15) is 0 Å². The van der Waals surface area contributed by atoms with Crippen molar-refractivity contribution in [1.82, 2.24) is 9.97 Å². The zero-order valence-electron chi connectivity index (χ0n) is 8.28. The number of halogens is 1. The fourth-order valence-corrected chi connectivity index (χ4v) is 1.35. The summed E-state index contributed by atoms with van der Waals surface area (Å²) in [4.78, 5) is 10.5. The number of allylic oxidation sites excluding steroid dienone is 1. The number of aromatic nitrogens is 2. The smallest absolute Gasteiger partial charge is 0.225 e. The molecule has 76 valence electrons. The molecule has 3 nitrogen and oxygen atoms in total. The molecule has 0 aliphatic carbocycles. The van der Waals surface area contributed by atoms with Crippen molar-refractivity contribution in [3.63, 3.8) is 0 Å². The largest absolute Gasteiger partial charge is 0.344 e. The summed E-state index contributed by atoms with van der Waals surface area (Å²) in [5.74, 6) is 0.787. The maximum atomic E-state index is 4.24. The van der Waals surface area contributed by atoms with E-state index < -0.39 is 0 Å². The van der Waals surface area contributed by atoms with Gasteiger partial charge in [0.2, 0.25) is 5.95 Å². The van der Waals surface area contributed by atoms with Crippen molar-refractivity contribution in [1.29, 1.82) is 0 Å². The van der Waals surface area contributed by atoms with Crippen LogP contribution in [0.15, 0.2) is 25.0 Å². The lowest BCUT2D eigenvalue weighted by atomic mass is 10.3. The molecule has 0 saturated heterocycles. The molecule has 0 radical (unpaired) electrons. The number of rotatable bonds is 5. The summed E-state index contributed by atoms with van der Waals surface area (Å²) in [7, 11) is 2.01. The molecule has 0 saturated carbocycles.